The predicted molar refractivity (Wildman–Crippen MR) is 131 cm³/mol. The van der Waals surface area contributed by atoms with E-state index in [1.54, 1.807) is 6.92 Å². The van der Waals surface area contributed by atoms with E-state index in [1.165, 1.54) is 0 Å². The standard InChI is InChI=1S/C24H29ClF5N3O2.O2S/c1-4-33-21(18-16(26)10-15(11-17(18)27)9-14(3)24(28,29)30)19(25)20(32-33)22(34)31-12-23(35)7-5-13(2)6-8-23;1-3-2/h10-11,13-14,35H,4-9,12H2,1-3H3,(H,31,34);/t13?,14-,23?;/m0./s1. The molecule has 1 aliphatic carbocycles. The van der Waals surface area contributed by atoms with Crippen molar-refractivity contribution < 1.29 is 40.3 Å². The molecule has 0 aliphatic heterocycles. The number of halogens is 6. The van der Waals surface area contributed by atoms with Crippen molar-refractivity contribution in [1.82, 2.24) is 15.1 Å². The Morgan fingerprint density at radius 2 is 1.79 bits per heavy atom. The zero-order valence-electron chi connectivity index (χ0n) is 21.0. The van der Waals surface area contributed by atoms with E-state index in [1.807, 2.05) is 0 Å². The number of aryl methyl sites for hydroxylation is 1. The number of amides is 1. The lowest BCUT2D eigenvalue weighted by molar-refractivity contribution is -0.169. The minimum absolute atomic E-state index is 0.0159. The number of nitrogens with one attached hydrogen (secondary N) is 1. The summed E-state index contributed by atoms with van der Waals surface area (Å²) in [7, 11) is 0. The average molecular weight is 586 g/mol. The van der Waals surface area contributed by atoms with Gasteiger partial charge in [-0.3, -0.25) is 9.48 Å². The second-order valence-corrected chi connectivity index (χ2v) is 10.1. The topological polar surface area (TPSA) is 101 Å². The third kappa shape index (κ3) is 7.82. The first-order valence-corrected chi connectivity index (χ1v) is 13.0. The smallest absolute Gasteiger partial charge is 0.388 e. The van der Waals surface area contributed by atoms with Crippen LogP contribution >= 0.6 is 11.6 Å². The van der Waals surface area contributed by atoms with E-state index in [0.717, 1.165) is 36.6 Å². The molecule has 2 aromatic rings. The van der Waals surface area contributed by atoms with Crippen LogP contribution in [-0.2, 0) is 24.5 Å². The molecule has 0 radical (unpaired) electrons. The Bertz CT molecular complexity index is 1150. The number of nitrogens with zero attached hydrogens (tertiary/aromatic N) is 2. The van der Waals surface area contributed by atoms with Crippen molar-refractivity contribution in [3.05, 3.63) is 40.0 Å². The molecule has 3 rings (SSSR count). The van der Waals surface area contributed by atoms with Crippen molar-refractivity contribution in [2.24, 2.45) is 11.8 Å². The molecule has 0 spiro atoms. The Hall–Kier alpha value is -2.38. The van der Waals surface area contributed by atoms with Crippen molar-refractivity contribution in [1.29, 1.82) is 0 Å². The molecule has 0 unspecified atom stereocenters. The van der Waals surface area contributed by atoms with Gasteiger partial charge in [0.1, 0.15) is 11.6 Å². The Labute approximate surface area is 225 Å². The van der Waals surface area contributed by atoms with Gasteiger partial charge in [0, 0.05) is 13.1 Å². The van der Waals surface area contributed by atoms with Crippen molar-refractivity contribution in [2.45, 2.75) is 71.2 Å². The van der Waals surface area contributed by atoms with Gasteiger partial charge in [-0.25, -0.2) is 8.78 Å². The quantitative estimate of drug-likeness (QED) is 0.433. The van der Waals surface area contributed by atoms with Crippen LogP contribution in [0.3, 0.4) is 0 Å². The number of carbonyl (C=O) groups is 1. The van der Waals surface area contributed by atoms with Crippen LogP contribution in [0.4, 0.5) is 22.0 Å². The number of carbonyl (C=O) groups excluding carboxylic acids is 1. The summed E-state index contributed by atoms with van der Waals surface area (Å²) < 4.78 is 86.3. The monoisotopic (exact) mass is 585 g/mol. The fourth-order valence-corrected chi connectivity index (χ4v) is 4.61. The van der Waals surface area contributed by atoms with E-state index >= 15 is 0 Å². The summed E-state index contributed by atoms with van der Waals surface area (Å²) in [6.07, 6.45) is -2.36. The predicted octanol–water partition coefficient (Wildman–Crippen LogP) is 5.24. The number of alkyl halides is 3. The average Bonchev–Trinajstić information content (AvgIpc) is 3.15. The summed E-state index contributed by atoms with van der Waals surface area (Å²) in [6.45, 7) is 4.77. The molecule has 0 bridgehead atoms. The van der Waals surface area contributed by atoms with E-state index in [2.05, 4.69) is 17.3 Å². The zero-order chi connectivity index (χ0) is 28.8. The Kier molecular flexibility index (Phi) is 11.0. The van der Waals surface area contributed by atoms with Crippen LogP contribution in [0, 0.1) is 23.5 Å². The molecule has 1 atom stereocenters. The van der Waals surface area contributed by atoms with Crippen molar-refractivity contribution >= 4 is 29.1 Å². The molecule has 0 saturated heterocycles. The first-order valence-electron chi connectivity index (χ1n) is 11.9. The van der Waals surface area contributed by atoms with Gasteiger partial charge in [-0.05, 0) is 62.6 Å². The molecular formula is C24H29ClF5N3O4S. The minimum Gasteiger partial charge on any atom is -0.388 e. The highest BCUT2D eigenvalue weighted by atomic mass is 35.5. The highest BCUT2D eigenvalue weighted by Crippen LogP contribution is 2.37. The number of benzene rings is 1. The van der Waals surface area contributed by atoms with Gasteiger partial charge in [-0.2, -0.15) is 26.7 Å². The van der Waals surface area contributed by atoms with Crippen LogP contribution in [0.2, 0.25) is 5.02 Å². The molecule has 212 valence electrons. The Morgan fingerprint density at radius 1 is 1.26 bits per heavy atom. The molecule has 1 amide bonds. The van der Waals surface area contributed by atoms with Crippen molar-refractivity contribution in [3.63, 3.8) is 0 Å². The van der Waals surface area contributed by atoms with E-state index in [4.69, 9.17) is 20.0 Å². The van der Waals surface area contributed by atoms with Crippen LogP contribution in [0.25, 0.3) is 11.3 Å². The fourth-order valence-electron chi connectivity index (χ4n) is 4.30. The van der Waals surface area contributed by atoms with Gasteiger partial charge in [0.15, 0.2) is 5.69 Å². The maximum Gasteiger partial charge on any atom is 0.391 e. The Morgan fingerprint density at radius 3 is 2.26 bits per heavy atom. The fraction of sp³-hybridized carbons (Fsp3) is 0.583. The SMILES string of the molecule is CCn1nc(C(=O)NCC2(O)CCC(C)CC2)c(Cl)c1-c1c(F)cc(C[C@H](C)C(F)(F)F)cc1F.O=S=O. The van der Waals surface area contributed by atoms with Gasteiger partial charge in [0.25, 0.3) is 5.91 Å². The lowest BCUT2D eigenvalue weighted by Crippen LogP contribution is -2.45. The Balaban J connectivity index is 0.00000161. The highest BCUT2D eigenvalue weighted by Gasteiger charge is 2.36. The zero-order valence-corrected chi connectivity index (χ0v) is 22.6. The maximum absolute atomic E-state index is 15.0. The molecule has 1 aliphatic rings. The normalized spacial score (nSPS) is 20.3. The van der Waals surface area contributed by atoms with Crippen LogP contribution in [-0.4, -0.2) is 47.5 Å². The van der Waals surface area contributed by atoms with Crippen molar-refractivity contribution in [3.8, 4) is 11.3 Å². The first kappa shape index (κ1) is 31.8. The van der Waals surface area contributed by atoms with Gasteiger partial charge < -0.3 is 10.4 Å². The molecule has 14 heteroatoms. The number of hydrogen-bond donors (Lipinski definition) is 2. The summed E-state index contributed by atoms with van der Waals surface area (Å²) in [6, 6.07) is 1.67. The summed E-state index contributed by atoms with van der Waals surface area (Å²) in [5.74, 6) is -4.20. The summed E-state index contributed by atoms with van der Waals surface area (Å²) in [5.41, 5.74) is -2.22. The molecule has 1 heterocycles. The number of rotatable bonds is 7. The molecule has 1 aromatic carbocycles. The van der Waals surface area contributed by atoms with Gasteiger partial charge in [-0.15, -0.1) is 0 Å². The number of hydrogen-bond acceptors (Lipinski definition) is 5. The molecular weight excluding hydrogens is 557 g/mol. The van der Waals surface area contributed by atoms with E-state index < -0.39 is 58.8 Å². The summed E-state index contributed by atoms with van der Waals surface area (Å²) >= 11 is 5.60. The van der Waals surface area contributed by atoms with Gasteiger partial charge in [0.05, 0.1) is 27.8 Å². The third-order valence-electron chi connectivity index (χ3n) is 6.63. The molecule has 7 nitrogen and oxygen atoms in total. The van der Waals surface area contributed by atoms with Crippen molar-refractivity contribution in [2.75, 3.05) is 6.54 Å². The van der Waals surface area contributed by atoms with E-state index in [0.29, 0.717) is 18.8 Å². The van der Waals surface area contributed by atoms with Gasteiger partial charge in [-0.1, -0.05) is 25.4 Å². The minimum atomic E-state index is -4.50. The van der Waals surface area contributed by atoms with Crippen LogP contribution in [0.15, 0.2) is 12.1 Å². The second-order valence-electron chi connectivity index (χ2n) is 9.57. The molecule has 1 aromatic heterocycles. The lowest BCUT2D eigenvalue weighted by Gasteiger charge is -2.34. The highest BCUT2D eigenvalue weighted by molar-refractivity contribution is 7.51. The number of aromatic nitrogens is 2. The maximum atomic E-state index is 15.0. The number of aliphatic hydroxyl groups is 1. The molecule has 2 N–H and O–H groups in total. The molecule has 1 fully saturated rings. The third-order valence-corrected chi connectivity index (χ3v) is 6.99. The first-order chi connectivity index (χ1) is 17.7. The second kappa shape index (κ2) is 13.1. The largest absolute Gasteiger partial charge is 0.391 e. The van der Waals surface area contributed by atoms with E-state index in [-0.39, 0.29) is 35.1 Å². The summed E-state index contributed by atoms with van der Waals surface area (Å²) in [4.78, 5) is 12.8. The van der Waals surface area contributed by atoms with E-state index in [9.17, 15) is 31.9 Å². The van der Waals surface area contributed by atoms with Gasteiger partial charge in [0.2, 0.25) is 0 Å². The van der Waals surface area contributed by atoms with Crippen LogP contribution in [0.1, 0.15) is 62.5 Å². The van der Waals surface area contributed by atoms with Crippen LogP contribution < -0.4 is 5.32 Å². The lowest BCUT2D eigenvalue weighted by atomic mass is 9.79. The molecule has 1 saturated carbocycles. The van der Waals surface area contributed by atoms with Gasteiger partial charge >= 0.3 is 17.7 Å². The summed E-state index contributed by atoms with van der Waals surface area (Å²) in [5, 5.41) is 17.1. The molecule has 38 heavy (non-hydrogen) atoms. The van der Waals surface area contributed by atoms with Crippen LogP contribution in [0.5, 0.6) is 0 Å².